The highest BCUT2D eigenvalue weighted by Crippen LogP contribution is 2.24. The summed E-state index contributed by atoms with van der Waals surface area (Å²) in [5.41, 5.74) is 20.8. The Morgan fingerprint density at radius 2 is 0.566 bits per heavy atom. The Morgan fingerprint density at radius 1 is 0.329 bits per heavy atom. The highest BCUT2D eigenvalue weighted by Gasteiger charge is 2.02. The molecule has 406 valence electrons. The van der Waals surface area contributed by atoms with E-state index >= 15 is 0 Å². The van der Waals surface area contributed by atoms with E-state index in [0.717, 1.165) is 95.2 Å². The summed E-state index contributed by atoms with van der Waals surface area (Å²) >= 11 is 0. The molecular weight excluding hydrogens is 961 g/mol. The van der Waals surface area contributed by atoms with Crippen LogP contribution in [0.25, 0.3) is 33.4 Å². The van der Waals surface area contributed by atoms with Crippen molar-refractivity contribution in [1.29, 1.82) is 0 Å². The monoisotopic (exact) mass is 1040 g/mol. The van der Waals surface area contributed by atoms with Gasteiger partial charge in [0.1, 0.15) is 24.1 Å². The van der Waals surface area contributed by atoms with Crippen LogP contribution < -0.4 is 20.9 Å². The molecule has 4 N–H and O–H groups in total. The lowest BCUT2D eigenvalue weighted by Gasteiger charge is -2.06. The summed E-state index contributed by atoms with van der Waals surface area (Å²) in [6.07, 6.45) is 9.03. The van der Waals surface area contributed by atoms with Gasteiger partial charge in [-0.1, -0.05) is 121 Å². The van der Waals surface area contributed by atoms with Crippen molar-refractivity contribution >= 4 is 25.0 Å². The second kappa shape index (κ2) is 40.6. The normalized spacial score (nSPS) is 10.9. The fraction of sp³-hybridized carbons (Fsp3) is 0.355. The van der Waals surface area contributed by atoms with Gasteiger partial charge in [-0.15, -0.1) is 0 Å². The van der Waals surface area contributed by atoms with Crippen LogP contribution in [-0.4, -0.2) is 145 Å². The Bertz CT molecular complexity index is 2440. The number of aliphatic imine (C=N–C) groups is 2. The van der Waals surface area contributed by atoms with Gasteiger partial charge >= 0.3 is 0 Å². The first-order chi connectivity index (χ1) is 37.5. The van der Waals surface area contributed by atoms with Crippen LogP contribution in [0.4, 0.5) is 0 Å². The molecule has 6 aromatic rings. The molecule has 0 aromatic heterocycles. The number of nitrogens with two attached hydrogens (primary N) is 2. The van der Waals surface area contributed by atoms with Gasteiger partial charge in [0.15, 0.2) is 0 Å². The Morgan fingerprint density at radius 3 is 0.816 bits per heavy atom. The van der Waals surface area contributed by atoms with Crippen LogP contribution in [0.2, 0.25) is 0 Å². The van der Waals surface area contributed by atoms with Gasteiger partial charge < -0.3 is 49.4 Å². The standard InChI is InChI=1S/C38H42N2O5.C14H12O2.C10H24N2O3/c1-42-38-18-16-37(17-19-38)35-12-6-32(7-13-35)29-40-21-3-23-44-25-27-45-26-24-43-22-2-20-39-28-31-4-10-34(11-5-31)36-14-8-33(30-41)9-15-36;1-16-14-8-6-13(7-9-14)12-4-2-11(10-15)3-5-12;11-3-1-5-13-7-9-15-10-8-14-6-2-4-12/h4-19,28-30H,2-3,20-27H2,1H3;2-10H,1H3;1-12H2. The zero-order chi connectivity index (χ0) is 53.9. The minimum Gasteiger partial charge on any atom is -0.497 e. The lowest BCUT2D eigenvalue weighted by molar-refractivity contribution is 0.0143. The average Bonchev–Trinajstić information content (AvgIpc) is 3.48. The van der Waals surface area contributed by atoms with E-state index < -0.39 is 0 Å². The van der Waals surface area contributed by atoms with Crippen LogP contribution in [0, 0.1) is 0 Å². The highest BCUT2D eigenvalue weighted by atomic mass is 16.5. The minimum absolute atomic E-state index is 0.554. The number of carbonyl (C=O) groups excluding carboxylic acids is 2. The summed E-state index contributed by atoms with van der Waals surface area (Å²) in [4.78, 5) is 30.3. The van der Waals surface area contributed by atoms with Crippen LogP contribution in [-0.2, 0) is 28.4 Å². The van der Waals surface area contributed by atoms with Gasteiger partial charge in [-0.3, -0.25) is 19.6 Å². The van der Waals surface area contributed by atoms with Crippen molar-refractivity contribution in [1.82, 2.24) is 0 Å². The quantitative estimate of drug-likeness (QED) is 0.0218. The molecule has 0 fully saturated rings. The first-order valence-corrected chi connectivity index (χ1v) is 26.0. The Labute approximate surface area is 450 Å². The van der Waals surface area contributed by atoms with Crippen LogP contribution in [0.15, 0.2) is 156 Å². The molecule has 0 spiro atoms. The molecule has 0 aliphatic carbocycles. The Kier molecular flexibility index (Phi) is 33.0. The van der Waals surface area contributed by atoms with Crippen molar-refractivity contribution in [2.45, 2.75) is 25.7 Å². The van der Waals surface area contributed by atoms with E-state index in [4.69, 9.17) is 49.4 Å². The fourth-order valence-corrected chi connectivity index (χ4v) is 6.91. The lowest BCUT2D eigenvalue weighted by atomic mass is 10.0. The molecule has 76 heavy (non-hydrogen) atoms. The van der Waals surface area contributed by atoms with E-state index in [1.54, 1.807) is 14.2 Å². The highest BCUT2D eigenvalue weighted by molar-refractivity contribution is 5.82. The smallest absolute Gasteiger partial charge is 0.150 e. The summed E-state index contributed by atoms with van der Waals surface area (Å²) in [6.45, 7) is 10.3. The largest absolute Gasteiger partial charge is 0.497 e. The molecule has 0 amide bonds. The van der Waals surface area contributed by atoms with Gasteiger partial charge in [0.05, 0.1) is 67.1 Å². The first kappa shape index (κ1) is 61.8. The van der Waals surface area contributed by atoms with Gasteiger partial charge in [-0.2, -0.15) is 0 Å². The second-order valence-corrected chi connectivity index (χ2v) is 16.9. The molecule has 6 aromatic carbocycles. The predicted molar refractivity (Wildman–Crippen MR) is 306 cm³/mol. The van der Waals surface area contributed by atoms with E-state index in [2.05, 4.69) is 58.5 Å². The number of ether oxygens (including phenoxy) is 8. The molecular formula is C62H78N4O10. The average molecular weight is 1040 g/mol. The van der Waals surface area contributed by atoms with Crippen LogP contribution in [0.1, 0.15) is 57.5 Å². The summed E-state index contributed by atoms with van der Waals surface area (Å²) in [6, 6.07) is 47.5. The molecule has 0 unspecified atom stereocenters. The molecule has 0 aliphatic heterocycles. The second-order valence-electron chi connectivity index (χ2n) is 16.9. The number of hydrogen-bond donors (Lipinski definition) is 2. The van der Waals surface area contributed by atoms with Crippen molar-refractivity contribution in [2.75, 3.05) is 120 Å². The lowest BCUT2D eigenvalue weighted by Crippen LogP contribution is -2.12. The van der Waals surface area contributed by atoms with E-state index in [9.17, 15) is 9.59 Å². The summed E-state index contributed by atoms with van der Waals surface area (Å²) in [5, 5.41) is 0. The predicted octanol–water partition coefficient (Wildman–Crippen LogP) is 10.1. The van der Waals surface area contributed by atoms with Crippen LogP contribution in [0.5, 0.6) is 11.5 Å². The molecule has 0 radical (unpaired) electrons. The third-order valence-corrected chi connectivity index (χ3v) is 11.2. The molecule has 0 saturated carbocycles. The van der Waals surface area contributed by atoms with Crippen molar-refractivity contribution in [3.05, 3.63) is 168 Å². The maximum atomic E-state index is 10.8. The third kappa shape index (κ3) is 26.7. The van der Waals surface area contributed by atoms with Crippen molar-refractivity contribution in [3.63, 3.8) is 0 Å². The molecule has 0 heterocycles. The Balaban J connectivity index is 0.000000326. The number of carbonyl (C=O) groups is 2. The maximum Gasteiger partial charge on any atom is 0.150 e. The van der Waals surface area contributed by atoms with Crippen LogP contribution >= 0.6 is 0 Å². The van der Waals surface area contributed by atoms with E-state index in [0.29, 0.717) is 110 Å². The Hall–Kier alpha value is -6.72. The zero-order valence-electron chi connectivity index (χ0n) is 44.4. The fourth-order valence-electron chi connectivity index (χ4n) is 6.91. The molecule has 14 heteroatoms. The van der Waals surface area contributed by atoms with E-state index in [1.165, 1.54) is 5.56 Å². The molecule has 0 atom stereocenters. The van der Waals surface area contributed by atoms with Gasteiger partial charge in [-0.05, 0) is 108 Å². The number of aldehydes is 2. The number of methoxy groups -OCH3 is 2. The molecule has 0 saturated heterocycles. The third-order valence-electron chi connectivity index (χ3n) is 11.2. The molecule has 0 bridgehead atoms. The number of hydrogen-bond acceptors (Lipinski definition) is 14. The van der Waals surface area contributed by atoms with Gasteiger partial charge in [-0.25, -0.2) is 0 Å². The van der Waals surface area contributed by atoms with E-state index in [1.807, 2.05) is 109 Å². The van der Waals surface area contributed by atoms with Gasteiger partial charge in [0, 0.05) is 63.1 Å². The first-order valence-electron chi connectivity index (χ1n) is 26.0. The van der Waals surface area contributed by atoms with Crippen LogP contribution in [0.3, 0.4) is 0 Å². The summed E-state index contributed by atoms with van der Waals surface area (Å²) < 4.78 is 43.0. The SMILES string of the molecule is COc1ccc(-c2ccc(C=NCCCOCCOCCOCCCN=Cc3ccc(-c4ccc(C=O)cc4)cc3)cc2)cc1.COc1ccc(-c2ccc(C=O)cc2)cc1.NCCCOCCOCCOCCCN. The van der Waals surface area contributed by atoms with Gasteiger partial charge in [0.25, 0.3) is 0 Å². The summed E-state index contributed by atoms with van der Waals surface area (Å²) in [7, 11) is 3.32. The molecule has 0 aliphatic rings. The van der Waals surface area contributed by atoms with Crippen molar-refractivity contribution in [3.8, 4) is 44.9 Å². The number of nitrogens with zero attached hydrogens (tertiary/aromatic N) is 2. The molecule has 14 nitrogen and oxygen atoms in total. The topological polar surface area (TPSA) is 185 Å². The number of rotatable bonds is 35. The minimum atomic E-state index is 0.554. The van der Waals surface area contributed by atoms with E-state index in [-0.39, 0.29) is 0 Å². The maximum absolute atomic E-state index is 10.8. The summed E-state index contributed by atoms with van der Waals surface area (Å²) in [5.74, 6) is 1.70. The van der Waals surface area contributed by atoms with Gasteiger partial charge in [0.2, 0.25) is 0 Å². The van der Waals surface area contributed by atoms with Crippen molar-refractivity contribution in [2.24, 2.45) is 21.5 Å². The molecule has 6 rings (SSSR count). The zero-order valence-corrected chi connectivity index (χ0v) is 44.4. The van der Waals surface area contributed by atoms with Crippen molar-refractivity contribution < 1.29 is 47.5 Å². The number of benzene rings is 6.